The van der Waals surface area contributed by atoms with E-state index in [1.807, 2.05) is 73.6 Å². The van der Waals surface area contributed by atoms with Crippen LogP contribution in [0.5, 0.6) is 0 Å². The minimum absolute atomic E-state index is 0.147. The lowest BCUT2D eigenvalue weighted by Gasteiger charge is -2.11. The van der Waals surface area contributed by atoms with Crippen LogP contribution in [0.3, 0.4) is 0 Å². The highest BCUT2D eigenvalue weighted by Gasteiger charge is 2.10. The zero-order valence-corrected chi connectivity index (χ0v) is 15.4. The molecular formula is C20H18N4OS. The first-order valence-electron chi connectivity index (χ1n) is 8.18. The predicted molar refractivity (Wildman–Crippen MR) is 109 cm³/mol. The predicted octanol–water partition coefficient (Wildman–Crippen LogP) is 2.08. The summed E-state index contributed by atoms with van der Waals surface area (Å²) in [6.45, 7) is 3.98. The van der Waals surface area contributed by atoms with Gasteiger partial charge in [-0.1, -0.05) is 42.2 Å². The van der Waals surface area contributed by atoms with Gasteiger partial charge in [0.15, 0.2) is 0 Å². The first kappa shape index (κ1) is 16.4. The molecule has 0 aliphatic carbocycles. The van der Waals surface area contributed by atoms with E-state index in [0.717, 1.165) is 21.5 Å². The average molecular weight is 362 g/mol. The Labute approximate surface area is 154 Å². The summed E-state index contributed by atoms with van der Waals surface area (Å²) >= 11 is 1.47. The van der Waals surface area contributed by atoms with E-state index in [1.165, 1.54) is 16.0 Å². The lowest BCUT2D eigenvalue weighted by molar-refractivity contribution is 0.832. The SMILES string of the molecule is C=c1[nH]n(-c2nc3ccccc3s2)c(=O)c1=Cc1ccc(N(C)C)cc1. The van der Waals surface area contributed by atoms with Gasteiger partial charge < -0.3 is 4.90 Å². The first-order valence-corrected chi connectivity index (χ1v) is 8.99. The third-order valence-corrected chi connectivity index (χ3v) is 5.22. The molecule has 5 nitrogen and oxygen atoms in total. The number of aromatic amines is 1. The monoisotopic (exact) mass is 362 g/mol. The minimum Gasteiger partial charge on any atom is -0.378 e. The molecule has 2 aromatic carbocycles. The van der Waals surface area contributed by atoms with E-state index in [0.29, 0.717) is 15.7 Å². The van der Waals surface area contributed by atoms with Gasteiger partial charge in [-0.05, 0) is 35.9 Å². The van der Waals surface area contributed by atoms with Crippen LogP contribution in [0.15, 0.2) is 53.3 Å². The number of nitrogens with zero attached hydrogens (tertiary/aromatic N) is 3. The van der Waals surface area contributed by atoms with Crippen LogP contribution in [-0.4, -0.2) is 28.9 Å². The van der Waals surface area contributed by atoms with Gasteiger partial charge in [0.05, 0.1) is 20.8 Å². The molecule has 6 heteroatoms. The van der Waals surface area contributed by atoms with E-state index in [2.05, 4.69) is 16.7 Å². The number of hydrogen-bond acceptors (Lipinski definition) is 4. The second-order valence-electron chi connectivity index (χ2n) is 6.24. The lowest BCUT2D eigenvalue weighted by atomic mass is 10.1. The van der Waals surface area contributed by atoms with Crippen molar-refractivity contribution in [1.29, 1.82) is 0 Å². The number of thiazole rings is 1. The Balaban J connectivity index is 1.81. The van der Waals surface area contributed by atoms with E-state index in [4.69, 9.17) is 0 Å². The number of H-pyrrole nitrogens is 1. The van der Waals surface area contributed by atoms with Crippen molar-refractivity contribution in [2.24, 2.45) is 0 Å². The van der Waals surface area contributed by atoms with Crippen molar-refractivity contribution in [3.8, 4) is 5.13 Å². The summed E-state index contributed by atoms with van der Waals surface area (Å²) in [6, 6.07) is 15.9. The smallest absolute Gasteiger partial charge is 0.281 e. The van der Waals surface area contributed by atoms with Crippen LogP contribution in [0, 0.1) is 0 Å². The molecular weight excluding hydrogens is 344 g/mol. The zero-order chi connectivity index (χ0) is 18.3. The highest BCUT2D eigenvalue weighted by atomic mass is 32.1. The second-order valence-corrected chi connectivity index (χ2v) is 7.25. The Morgan fingerprint density at radius 2 is 1.88 bits per heavy atom. The van der Waals surface area contributed by atoms with Crippen molar-refractivity contribution >= 4 is 39.9 Å². The summed E-state index contributed by atoms with van der Waals surface area (Å²) in [6.07, 6.45) is 1.85. The van der Waals surface area contributed by atoms with Crippen molar-refractivity contribution in [3.63, 3.8) is 0 Å². The molecule has 0 radical (unpaired) electrons. The topological polar surface area (TPSA) is 53.9 Å². The first-order chi connectivity index (χ1) is 12.5. The third kappa shape index (κ3) is 2.84. The fourth-order valence-corrected chi connectivity index (χ4v) is 3.70. The summed E-state index contributed by atoms with van der Waals surface area (Å²) in [5, 5.41) is 4.77. The molecule has 4 rings (SSSR count). The molecule has 0 saturated heterocycles. The number of fused-ring (bicyclic) bond motifs is 1. The highest BCUT2D eigenvalue weighted by Crippen LogP contribution is 2.22. The molecule has 26 heavy (non-hydrogen) atoms. The molecule has 0 spiro atoms. The third-order valence-electron chi connectivity index (χ3n) is 4.20. The molecule has 2 aromatic heterocycles. The highest BCUT2D eigenvalue weighted by molar-refractivity contribution is 7.20. The van der Waals surface area contributed by atoms with Gasteiger partial charge in [0, 0.05) is 19.8 Å². The van der Waals surface area contributed by atoms with Gasteiger partial charge in [0.2, 0.25) is 5.13 Å². The summed E-state index contributed by atoms with van der Waals surface area (Å²) in [5.41, 5.74) is 2.79. The number of aromatic nitrogens is 3. The number of benzene rings is 2. The van der Waals surface area contributed by atoms with Gasteiger partial charge in [-0.2, -0.15) is 4.68 Å². The van der Waals surface area contributed by atoms with Crippen LogP contribution in [0.2, 0.25) is 0 Å². The molecule has 0 unspecified atom stereocenters. The van der Waals surface area contributed by atoms with E-state index >= 15 is 0 Å². The molecule has 0 atom stereocenters. The molecule has 0 amide bonds. The Bertz CT molecular complexity index is 1210. The number of para-hydroxylation sites is 1. The zero-order valence-electron chi connectivity index (χ0n) is 14.6. The van der Waals surface area contributed by atoms with E-state index in [9.17, 15) is 4.79 Å². The van der Waals surface area contributed by atoms with Gasteiger partial charge in [-0.25, -0.2) is 4.98 Å². The maximum absolute atomic E-state index is 12.9. The maximum atomic E-state index is 12.9. The van der Waals surface area contributed by atoms with Gasteiger partial charge in [0.25, 0.3) is 5.56 Å². The van der Waals surface area contributed by atoms with Gasteiger partial charge in [-0.3, -0.25) is 9.89 Å². The van der Waals surface area contributed by atoms with Crippen molar-refractivity contribution in [2.75, 3.05) is 19.0 Å². The van der Waals surface area contributed by atoms with Crippen LogP contribution >= 0.6 is 11.3 Å². The Morgan fingerprint density at radius 3 is 2.58 bits per heavy atom. The largest absolute Gasteiger partial charge is 0.378 e. The Kier molecular flexibility index (Phi) is 3.97. The van der Waals surface area contributed by atoms with Gasteiger partial charge in [-0.15, -0.1) is 0 Å². The molecule has 2 heterocycles. The summed E-state index contributed by atoms with van der Waals surface area (Å²) in [5.74, 6) is 0. The normalized spacial score (nSPS) is 12.0. The molecule has 130 valence electrons. The number of anilines is 1. The van der Waals surface area contributed by atoms with Crippen molar-refractivity contribution < 1.29 is 0 Å². The standard InChI is InChI=1S/C20H18N4OS/c1-13-16(12-14-8-10-15(11-9-14)23(2)3)19(25)24(22-13)20-21-17-6-4-5-7-18(17)26-20/h4-12,22H,1H2,2-3H3. The van der Waals surface area contributed by atoms with Crippen LogP contribution in [0.4, 0.5) is 5.69 Å². The molecule has 1 N–H and O–H groups in total. The van der Waals surface area contributed by atoms with Crippen LogP contribution in [0.1, 0.15) is 5.56 Å². The van der Waals surface area contributed by atoms with Crippen LogP contribution < -0.4 is 21.0 Å². The molecule has 0 bridgehead atoms. The van der Waals surface area contributed by atoms with Gasteiger partial charge >= 0.3 is 0 Å². The molecule has 0 aliphatic heterocycles. The number of nitrogens with one attached hydrogen (secondary N) is 1. The molecule has 0 aliphatic rings. The van der Waals surface area contributed by atoms with E-state index < -0.39 is 0 Å². The quantitative estimate of drug-likeness (QED) is 0.607. The summed E-state index contributed by atoms with van der Waals surface area (Å²) in [7, 11) is 3.99. The number of hydrogen-bond donors (Lipinski definition) is 1. The van der Waals surface area contributed by atoms with Crippen LogP contribution in [-0.2, 0) is 0 Å². The maximum Gasteiger partial charge on any atom is 0.281 e. The van der Waals surface area contributed by atoms with E-state index in [1.54, 1.807) is 0 Å². The lowest BCUT2D eigenvalue weighted by Crippen LogP contribution is -2.33. The minimum atomic E-state index is -0.147. The Hall–Kier alpha value is -3.12. The fourth-order valence-electron chi connectivity index (χ4n) is 2.77. The Morgan fingerprint density at radius 1 is 1.15 bits per heavy atom. The van der Waals surface area contributed by atoms with E-state index in [-0.39, 0.29) is 5.56 Å². The van der Waals surface area contributed by atoms with Crippen molar-refractivity contribution in [1.82, 2.24) is 14.8 Å². The van der Waals surface area contributed by atoms with Gasteiger partial charge in [0.1, 0.15) is 0 Å². The van der Waals surface area contributed by atoms with Crippen LogP contribution in [0.25, 0.3) is 28.0 Å². The molecule has 0 saturated carbocycles. The number of rotatable bonds is 3. The second kappa shape index (κ2) is 6.31. The van der Waals surface area contributed by atoms with Crippen molar-refractivity contribution in [2.45, 2.75) is 0 Å². The fraction of sp³-hybridized carbons (Fsp3) is 0.100. The molecule has 4 aromatic rings. The summed E-state index contributed by atoms with van der Waals surface area (Å²) < 4.78 is 2.51. The average Bonchev–Trinajstić information content (AvgIpc) is 3.18. The molecule has 0 fully saturated rings. The summed E-state index contributed by atoms with van der Waals surface area (Å²) in [4.78, 5) is 19.4. The van der Waals surface area contributed by atoms with Crippen molar-refractivity contribution in [3.05, 3.63) is 75.0 Å².